The molecule has 0 aromatic heterocycles. The Morgan fingerprint density at radius 3 is 2.35 bits per heavy atom. The van der Waals surface area contributed by atoms with E-state index in [-0.39, 0.29) is 4.90 Å². The van der Waals surface area contributed by atoms with Crippen LogP contribution in [0, 0.1) is 0 Å². The first kappa shape index (κ1) is 14.4. The van der Waals surface area contributed by atoms with Crippen molar-refractivity contribution >= 4 is 27.1 Å². The highest BCUT2D eigenvalue weighted by molar-refractivity contribution is 7.89. The highest BCUT2D eigenvalue weighted by Gasteiger charge is 2.20. The van der Waals surface area contributed by atoms with Crippen molar-refractivity contribution < 1.29 is 8.42 Å². The van der Waals surface area contributed by atoms with Gasteiger partial charge in [-0.25, -0.2) is 13.1 Å². The van der Waals surface area contributed by atoms with Crippen LogP contribution < -0.4 is 15.4 Å². The molecule has 20 heavy (non-hydrogen) atoms. The molecule has 2 rings (SSSR count). The molecule has 0 bridgehead atoms. The van der Waals surface area contributed by atoms with E-state index in [1.54, 1.807) is 12.1 Å². The Bertz CT molecular complexity index is 700. The van der Waals surface area contributed by atoms with Crippen LogP contribution >= 0.6 is 0 Å². The van der Waals surface area contributed by atoms with Crippen LogP contribution in [0.4, 0.5) is 17.1 Å². The Morgan fingerprint density at radius 2 is 1.75 bits per heavy atom. The molecule has 0 aliphatic heterocycles. The Morgan fingerprint density at radius 1 is 1.10 bits per heavy atom. The third-order valence-electron chi connectivity index (χ3n) is 3.05. The van der Waals surface area contributed by atoms with Gasteiger partial charge in [-0.2, -0.15) is 0 Å². The molecule has 3 N–H and O–H groups in total. The van der Waals surface area contributed by atoms with E-state index in [1.807, 2.05) is 42.3 Å². The van der Waals surface area contributed by atoms with Crippen molar-refractivity contribution in [2.24, 2.45) is 0 Å². The van der Waals surface area contributed by atoms with Gasteiger partial charge in [0.05, 0.1) is 5.69 Å². The van der Waals surface area contributed by atoms with Crippen LogP contribution in [0.3, 0.4) is 0 Å². The zero-order valence-corrected chi connectivity index (χ0v) is 12.2. The predicted molar refractivity (Wildman–Crippen MR) is 81.6 cm³/mol. The molecule has 106 valence electrons. The monoisotopic (exact) mass is 291 g/mol. The number of anilines is 3. The van der Waals surface area contributed by atoms with E-state index in [0.717, 1.165) is 5.69 Å². The molecule has 0 aliphatic carbocycles. The van der Waals surface area contributed by atoms with Crippen molar-refractivity contribution in [3.8, 4) is 0 Å². The molecule has 0 heterocycles. The van der Waals surface area contributed by atoms with Crippen LogP contribution in [-0.4, -0.2) is 22.5 Å². The highest BCUT2D eigenvalue weighted by Crippen LogP contribution is 2.31. The van der Waals surface area contributed by atoms with Crippen LogP contribution in [0.2, 0.25) is 0 Å². The van der Waals surface area contributed by atoms with Crippen molar-refractivity contribution in [1.29, 1.82) is 0 Å². The van der Waals surface area contributed by atoms with Crippen molar-refractivity contribution in [1.82, 2.24) is 4.72 Å². The molecule has 0 spiro atoms. The van der Waals surface area contributed by atoms with Crippen molar-refractivity contribution in [3.63, 3.8) is 0 Å². The zero-order chi connectivity index (χ0) is 14.8. The maximum Gasteiger partial charge on any atom is 0.242 e. The van der Waals surface area contributed by atoms with Crippen molar-refractivity contribution in [3.05, 3.63) is 48.5 Å². The second-order valence-electron chi connectivity index (χ2n) is 4.33. The van der Waals surface area contributed by atoms with E-state index in [0.29, 0.717) is 11.4 Å². The lowest BCUT2D eigenvalue weighted by atomic mass is 10.2. The quantitative estimate of drug-likeness (QED) is 0.844. The van der Waals surface area contributed by atoms with Crippen LogP contribution in [0.1, 0.15) is 0 Å². The summed E-state index contributed by atoms with van der Waals surface area (Å²) in [4.78, 5) is 1.97. The average Bonchev–Trinajstić information content (AvgIpc) is 2.47. The summed E-state index contributed by atoms with van der Waals surface area (Å²) in [6.07, 6.45) is 0. The number of sulfonamides is 1. The fourth-order valence-electron chi connectivity index (χ4n) is 1.92. The first-order valence-corrected chi connectivity index (χ1v) is 7.56. The summed E-state index contributed by atoms with van der Waals surface area (Å²) < 4.78 is 26.6. The molecule has 0 atom stereocenters. The number of benzene rings is 2. The second-order valence-corrected chi connectivity index (χ2v) is 6.18. The van der Waals surface area contributed by atoms with Gasteiger partial charge in [-0.1, -0.05) is 18.2 Å². The average molecular weight is 291 g/mol. The zero-order valence-electron chi connectivity index (χ0n) is 11.4. The smallest absolute Gasteiger partial charge is 0.242 e. The lowest BCUT2D eigenvalue weighted by molar-refractivity contribution is 0.588. The van der Waals surface area contributed by atoms with Gasteiger partial charge in [-0.3, -0.25) is 0 Å². The van der Waals surface area contributed by atoms with E-state index in [2.05, 4.69) is 4.72 Å². The minimum absolute atomic E-state index is 0.159. The summed E-state index contributed by atoms with van der Waals surface area (Å²) in [5.74, 6) is 0. The molecule has 6 heteroatoms. The van der Waals surface area contributed by atoms with Gasteiger partial charge in [0, 0.05) is 18.4 Å². The first-order valence-electron chi connectivity index (χ1n) is 6.07. The Hall–Kier alpha value is -2.05. The van der Waals surface area contributed by atoms with Crippen LogP contribution in [0.15, 0.2) is 53.4 Å². The van der Waals surface area contributed by atoms with E-state index in [4.69, 9.17) is 5.73 Å². The molecular weight excluding hydrogens is 274 g/mol. The minimum atomic E-state index is -3.58. The van der Waals surface area contributed by atoms with E-state index in [1.165, 1.54) is 13.1 Å². The number of nitrogens with two attached hydrogens (primary N) is 1. The number of nitrogens with one attached hydrogen (secondary N) is 1. The van der Waals surface area contributed by atoms with Gasteiger partial charge in [-0.05, 0) is 37.4 Å². The van der Waals surface area contributed by atoms with Gasteiger partial charge in [0.2, 0.25) is 10.0 Å². The van der Waals surface area contributed by atoms with Gasteiger partial charge in [-0.15, -0.1) is 0 Å². The van der Waals surface area contributed by atoms with Crippen LogP contribution in [0.25, 0.3) is 0 Å². The Labute approximate surface area is 119 Å². The largest absolute Gasteiger partial charge is 0.399 e. The lowest BCUT2D eigenvalue weighted by Crippen LogP contribution is -2.22. The first-order chi connectivity index (χ1) is 9.45. The number of nitrogen functional groups attached to an aromatic ring is 1. The summed E-state index contributed by atoms with van der Waals surface area (Å²) in [5, 5.41) is 0. The predicted octanol–water partition coefficient (Wildman–Crippen LogP) is 1.94. The standard InChI is InChI=1S/C14H17N3O2S/c1-16-20(18,19)14-10-11(15)8-9-13(14)17(2)12-6-4-3-5-7-12/h3-10,16H,15H2,1-2H3. The number of nitrogens with zero attached hydrogens (tertiary/aromatic N) is 1. The molecule has 0 unspecified atom stereocenters. The van der Waals surface area contributed by atoms with Gasteiger partial charge in [0.15, 0.2) is 0 Å². The summed E-state index contributed by atoms with van der Waals surface area (Å²) in [6, 6.07) is 14.4. The molecule has 5 nitrogen and oxygen atoms in total. The molecule has 2 aromatic rings. The summed E-state index contributed by atoms with van der Waals surface area (Å²) in [6.45, 7) is 0. The Balaban J connectivity index is 2.58. The molecule has 0 radical (unpaired) electrons. The summed E-state index contributed by atoms with van der Waals surface area (Å²) >= 11 is 0. The van der Waals surface area contributed by atoms with Crippen LogP contribution in [-0.2, 0) is 10.0 Å². The van der Waals surface area contributed by atoms with E-state index >= 15 is 0 Å². The molecule has 0 saturated carbocycles. The van der Waals surface area contributed by atoms with Gasteiger partial charge < -0.3 is 10.6 Å². The third kappa shape index (κ3) is 2.76. The molecule has 2 aromatic carbocycles. The molecule has 0 amide bonds. The topological polar surface area (TPSA) is 75.4 Å². The number of hydrogen-bond donors (Lipinski definition) is 2. The van der Waals surface area contributed by atoms with Crippen molar-refractivity contribution in [2.45, 2.75) is 4.90 Å². The Kier molecular flexibility index (Phi) is 3.96. The van der Waals surface area contributed by atoms with E-state index < -0.39 is 10.0 Å². The van der Waals surface area contributed by atoms with Gasteiger partial charge >= 0.3 is 0 Å². The molecular formula is C14H17N3O2S. The van der Waals surface area contributed by atoms with Crippen LogP contribution in [0.5, 0.6) is 0 Å². The summed E-state index contributed by atoms with van der Waals surface area (Å²) in [7, 11) is -0.381. The van der Waals surface area contributed by atoms with Gasteiger partial charge in [0.25, 0.3) is 0 Å². The number of rotatable bonds is 4. The van der Waals surface area contributed by atoms with Crippen molar-refractivity contribution in [2.75, 3.05) is 24.7 Å². The maximum atomic E-state index is 12.1. The summed E-state index contributed by atoms with van der Waals surface area (Å²) in [5.41, 5.74) is 7.58. The molecule has 0 fully saturated rings. The third-order valence-corrected chi connectivity index (χ3v) is 4.49. The minimum Gasteiger partial charge on any atom is -0.399 e. The normalized spacial score (nSPS) is 11.3. The highest BCUT2D eigenvalue weighted by atomic mass is 32.2. The molecule has 0 aliphatic rings. The maximum absolute atomic E-state index is 12.1. The fourth-order valence-corrected chi connectivity index (χ4v) is 2.92. The van der Waals surface area contributed by atoms with E-state index in [9.17, 15) is 8.42 Å². The number of hydrogen-bond acceptors (Lipinski definition) is 4. The second kappa shape index (κ2) is 5.52. The fraction of sp³-hybridized carbons (Fsp3) is 0.143. The molecule has 0 saturated heterocycles. The lowest BCUT2D eigenvalue weighted by Gasteiger charge is -2.22. The van der Waals surface area contributed by atoms with Gasteiger partial charge in [0.1, 0.15) is 4.90 Å². The number of para-hydroxylation sites is 1. The SMILES string of the molecule is CNS(=O)(=O)c1cc(N)ccc1N(C)c1ccccc1.